The van der Waals surface area contributed by atoms with E-state index in [4.69, 9.17) is 0 Å². The fourth-order valence-corrected chi connectivity index (χ4v) is 2.04. The Morgan fingerprint density at radius 2 is 1.88 bits per heavy atom. The third-order valence-electron chi connectivity index (χ3n) is 3.11. The SMILES string of the molecule is CC(C)(C)n1ccc(C(=O)N2CCCC2)c1. The van der Waals surface area contributed by atoms with Crippen molar-refractivity contribution in [1.29, 1.82) is 0 Å². The standard InChI is InChI=1S/C13H20N2O/c1-13(2,3)15-9-6-11(10-15)12(16)14-7-4-5-8-14/h6,9-10H,4-5,7-8H2,1-3H3. The Balaban J connectivity index is 2.15. The monoisotopic (exact) mass is 220 g/mol. The number of amides is 1. The highest BCUT2D eigenvalue weighted by Crippen LogP contribution is 2.18. The summed E-state index contributed by atoms with van der Waals surface area (Å²) < 4.78 is 2.09. The van der Waals surface area contributed by atoms with Crippen molar-refractivity contribution in [2.75, 3.05) is 13.1 Å². The van der Waals surface area contributed by atoms with Crippen molar-refractivity contribution in [3.8, 4) is 0 Å². The fraction of sp³-hybridized carbons (Fsp3) is 0.615. The summed E-state index contributed by atoms with van der Waals surface area (Å²) in [5.41, 5.74) is 0.862. The van der Waals surface area contributed by atoms with E-state index in [0.717, 1.165) is 31.5 Å². The highest BCUT2D eigenvalue weighted by atomic mass is 16.2. The summed E-state index contributed by atoms with van der Waals surface area (Å²) in [6.45, 7) is 8.24. The lowest BCUT2D eigenvalue weighted by Crippen LogP contribution is -2.27. The minimum Gasteiger partial charge on any atom is -0.348 e. The molecule has 0 saturated carbocycles. The van der Waals surface area contributed by atoms with E-state index in [2.05, 4.69) is 25.3 Å². The molecule has 0 bridgehead atoms. The quantitative estimate of drug-likeness (QED) is 0.713. The average molecular weight is 220 g/mol. The molecule has 88 valence electrons. The van der Waals surface area contributed by atoms with Gasteiger partial charge in [0.1, 0.15) is 0 Å². The zero-order valence-electron chi connectivity index (χ0n) is 10.4. The molecule has 3 heteroatoms. The van der Waals surface area contributed by atoms with Crippen LogP contribution in [0.1, 0.15) is 44.0 Å². The van der Waals surface area contributed by atoms with Crippen LogP contribution >= 0.6 is 0 Å². The van der Waals surface area contributed by atoms with Gasteiger partial charge in [0.05, 0.1) is 5.56 Å². The van der Waals surface area contributed by atoms with Crippen molar-refractivity contribution >= 4 is 5.91 Å². The van der Waals surface area contributed by atoms with Crippen LogP contribution in [-0.2, 0) is 5.54 Å². The van der Waals surface area contributed by atoms with Gasteiger partial charge in [0.25, 0.3) is 5.91 Å². The molecule has 1 amide bonds. The Kier molecular flexibility index (Phi) is 2.78. The smallest absolute Gasteiger partial charge is 0.255 e. The Labute approximate surface area is 97.1 Å². The lowest BCUT2D eigenvalue weighted by atomic mass is 10.1. The maximum Gasteiger partial charge on any atom is 0.255 e. The van der Waals surface area contributed by atoms with E-state index in [1.807, 2.05) is 23.4 Å². The number of aromatic nitrogens is 1. The van der Waals surface area contributed by atoms with E-state index in [1.165, 1.54) is 0 Å². The van der Waals surface area contributed by atoms with E-state index in [1.54, 1.807) is 0 Å². The van der Waals surface area contributed by atoms with Crippen LogP contribution in [0.25, 0.3) is 0 Å². The predicted molar refractivity (Wildman–Crippen MR) is 64.6 cm³/mol. The topological polar surface area (TPSA) is 25.2 Å². The molecule has 0 atom stereocenters. The van der Waals surface area contributed by atoms with Crippen molar-refractivity contribution < 1.29 is 4.79 Å². The first-order chi connectivity index (χ1) is 7.48. The first-order valence-electron chi connectivity index (χ1n) is 5.96. The number of carbonyl (C=O) groups excluding carboxylic acids is 1. The van der Waals surface area contributed by atoms with Crippen LogP contribution in [0.2, 0.25) is 0 Å². The van der Waals surface area contributed by atoms with Crippen LogP contribution in [0.5, 0.6) is 0 Å². The van der Waals surface area contributed by atoms with Crippen LogP contribution in [0.15, 0.2) is 18.5 Å². The largest absolute Gasteiger partial charge is 0.348 e. The lowest BCUT2D eigenvalue weighted by molar-refractivity contribution is 0.0792. The maximum absolute atomic E-state index is 12.1. The second kappa shape index (κ2) is 3.96. The van der Waals surface area contributed by atoms with Gasteiger partial charge < -0.3 is 9.47 Å². The second-order valence-corrected chi connectivity index (χ2v) is 5.48. The summed E-state index contributed by atoms with van der Waals surface area (Å²) in [6, 6.07) is 1.92. The minimum atomic E-state index is 0.0452. The van der Waals surface area contributed by atoms with Gasteiger partial charge in [0.2, 0.25) is 0 Å². The molecule has 3 nitrogen and oxygen atoms in total. The van der Waals surface area contributed by atoms with Gasteiger partial charge >= 0.3 is 0 Å². The Bertz CT molecular complexity index is 381. The third kappa shape index (κ3) is 2.13. The number of hydrogen-bond donors (Lipinski definition) is 0. The number of hydrogen-bond acceptors (Lipinski definition) is 1. The molecule has 16 heavy (non-hydrogen) atoms. The molecule has 0 spiro atoms. The highest BCUT2D eigenvalue weighted by molar-refractivity contribution is 5.94. The van der Waals surface area contributed by atoms with Crippen LogP contribution in [0.4, 0.5) is 0 Å². The first-order valence-corrected chi connectivity index (χ1v) is 5.96. The number of nitrogens with zero attached hydrogens (tertiary/aromatic N) is 2. The molecule has 0 aliphatic carbocycles. The number of likely N-dealkylation sites (tertiary alicyclic amines) is 1. The molecule has 1 aromatic heterocycles. The Morgan fingerprint density at radius 3 is 2.38 bits per heavy atom. The minimum absolute atomic E-state index is 0.0452. The number of rotatable bonds is 1. The molecular weight excluding hydrogens is 200 g/mol. The average Bonchev–Trinajstić information content (AvgIpc) is 2.87. The van der Waals surface area contributed by atoms with Crippen molar-refractivity contribution in [1.82, 2.24) is 9.47 Å². The van der Waals surface area contributed by atoms with Crippen LogP contribution in [-0.4, -0.2) is 28.5 Å². The Morgan fingerprint density at radius 1 is 1.25 bits per heavy atom. The van der Waals surface area contributed by atoms with Crippen molar-refractivity contribution in [2.45, 2.75) is 39.2 Å². The summed E-state index contributed by atoms with van der Waals surface area (Å²) in [4.78, 5) is 14.0. The van der Waals surface area contributed by atoms with Gasteiger partial charge in [-0.1, -0.05) is 0 Å². The maximum atomic E-state index is 12.1. The molecule has 1 aromatic rings. The van der Waals surface area contributed by atoms with Gasteiger partial charge in [0.15, 0.2) is 0 Å². The van der Waals surface area contributed by atoms with Crippen LogP contribution in [0.3, 0.4) is 0 Å². The molecule has 1 aliphatic rings. The molecule has 1 aliphatic heterocycles. The van der Waals surface area contributed by atoms with Crippen molar-refractivity contribution in [3.63, 3.8) is 0 Å². The van der Waals surface area contributed by atoms with Gasteiger partial charge in [-0.2, -0.15) is 0 Å². The molecule has 1 saturated heterocycles. The van der Waals surface area contributed by atoms with E-state index in [9.17, 15) is 4.79 Å². The summed E-state index contributed by atoms with van der Waals surface area (Å²) in [5.74, 6) is 0.181. The van der Waals surface area contributed by atoms with Crippen LogP contribution < -0.4 is 0 Å². The zero-order valence-corrected chi connectivity index (χ0v) is 10.4. The Hall–Kier alpha value is -1.25. The van der Waals surface area contributed by atoms with Crippen molar-refractivity contribution in [3.05, 3.63) is 24.0 Å². The molecule has 1 fully saturated rings. The van der Waals surface area contributed by atoms with Gasteiger partial charge in [-0.05, 0) is 39.7 Å². The van der Waals surface area contributed by atoms with Gasteiger partial charge in [0, 0.05) is 31.0 Å². The molecule has 0 aromatic carbocycles. The zero-order chi connectivity index (χ0) is 11.8. The molecule has 0 unspecified atom stereocenters. The summed E-state index contributed by atoms with van der Waals surface area (Å²) in [6.07, 6.45) is 6.24. The van der Waals surface area contributed by atoms with Gasteiger partial charge in [-0.25, -0.2) is 0 Å². The molecule has 2 heterocycles. The summed E-state index contributed by atoms with van der Waals surface area (Å²) >= 11 is 0. The van der Waals surface area contributed by atoms with Crippen LogP contribution in [0, 0.1) is 0 Å². The first kappa shape index (κ1) is 11.2. The highest BCUT2D eigenvalue weighted by Gasteiger charge is 2.21. The molecule has 2 rings (SSSR count). The van der Waals surface area contributed by atoms with E-state index < -0.39 is 0 Å². The number of carbonyl (C=O) groups is 1. The second-order valence-electron chi connectivity index (χ2n) is 5.48. The molecular formula is C13H20N2O. The fourth-order valence-electron chi connectivity index (χ4n) is 2.04. The summed E-state index contributed by atoms with van der Waals surface area (Å²) in [5, 5.41) is 0. The van der Waals surface area contributed by atoms with Crippen molar-refractivity contribution in [2.24, 2.45) is 0 Å². The van der Waals surface area contributed by atoms with E-state index >= 15 is 0 Å². The van der Waals surface area contributed by atoms with E-state index in [0.29, 0.717) is 0 Å². The van der Waals surface area contributed by atoms with E-state index in [-0.39, 0.29) is 11.4 Å². The predicted octanol–water partition coefficient (Wildman–Crippen LogP) is 2.48. The lowest BCUT2D eigenvalue weighted by Gasteiger charge is -2.21. The third-order valence-corrected chi connectivity index (χ3v) is 3.11. The summed E-state index contributed by atoms with van der Waals surface area (Å²) in [7, 11) is 0. The van der Waals surface area contributed by atoms with Gasteiger partial charge in [-0.3, -0.25) is 4.79 Å². The van der Waals surface area contributed by atoms with Gasteiger partial charge in [-0.15, -0.1) is 0 Å². The molecule has 0 radical (unpaired) electrons. The molecule has 0 N–H and O–H groups in total. The normalized spacial score (nSPS) is 16.8.